The van der Waals surface area contributed by atoms with E-state index in [9.17, 15) is 5.26 Å². The van der Waals surface area contributed by atoms with Gasteiger partial charge in [-0.15, -0.1) is 0 Å². The maximum atomic E-state index is 9.24. The van der Waals surface area contributed by atoms with Crippen LogP contribution in [0.2, 0.25) is 10.0 Å². The summed E-state index contributed by atoms with van der Waals surface area (Å²) in [6.45, 7) is 0. The fourth-order valence-corrected chi connectivity index (χ4v) is 2.79. The van der Waals surface area contributed by atoms with Gasteiger partial charge in [0.25, 0.3) is 0 Å². The first-order valence-electron chi connectivity index (χ1n) is 6.32. The largest absolute Gasteiger partial charge is 0.380 e. The lowest BCUT2D eigenvalue weighted by Crippen LogP contribution is -2.27. The van der Waals surface area contributed by atoms with E-state index < -0.39 is 0 Å². The van der Waals surface area contributed by atoms with Crippen LogP contribution in [-0.4, -0.2) is 6.04 Å². The van der Waals surface area contributed by atoms with Crippen LogP contribution in [0.15, 0.2) is 18.2 Å². The van der Waals surface area contributed by atoms with Crippen molar-refractivity contribution in [1.29, 1.82) is 5.26 Å². The summed E-state index contributed by atoms with van der Waals surface area (Å²) in [6.07, 6.45) is 5.49. The molecule has 0 spiro atoms. The third-order valence-corrected chi connectivity index (χ3v) is 4.02. The summed E-state index contributed by atoms with van der Waals surface area (Å²) >= 11 is 12.1. The Morgan fingerprint density at radius 2 is 1.94 bits per heavy atom. The van der Waals surface area contributed by atoms with Crippen molar-refractivity contribution in [2.24, 2.45) is 5.92 Å². The van der Waals surface area contributed by atoms with Crippen molar-refractivity contribution in [3.05, 3.63) is 28.2 Å². The van der Waals surface area contributed by atoms with Crippen molar-refractivity contribution in [3.8, 4) is 6.07 Å². The molecule has 96 valence electrons. The zero-order valence-corrected chi connectivity index (χ0v) is 11.6. The molecule has 1 N–H and O–H groups in total. The maximum Gasteiger partial charge on any atom is 0.0677 e. The molecule has 0 amide bonds. The van der Waals surface area contributed by atoms with E-state index in [0.29, 0.717) is 10.0 Å². The van der Waals surface area contributed by atoms with Gasteiger partial charge in [0.15, 0.2) is 0 Å². The standard InChI is InChI=1S/C14H16Cl2N2/c15-11-6-7-12(16)14(8-11)18-13-5-3-1-2-4-10(13)9-17/h6-8,10,13,18H,1-5H2. The van der Waals surface area contributed by atoms with Gasteiger partial charge in [0.2, 0.25) is 0 Å². The number of rotatable bonds is 2. The van der Waals surface area contributed by atoms with E-state index in [1.807, 2.05) is 6.07 Å². The van der Waals surface area contributed by atoms with Gasteiger partial charge in [0.05, 0.1) is 22.7 Å². The highest BCUT2D eigenvalue weighted by atomic mass is 35.5. The highest BCUT2D eigenvalue weighted by Crippen LogP contribution is 2.30. The van der Waals surface area contributed by atoms with Crippen LogP contribution < -0.4 is 5.32 Å². The van der Waals surface area contributed by atoms with E-state index in [-0.39, 0.29) is 12.0 Å². The zero-order valence-electron chi connectivity index (χ0n) is 10.1. The molecular weight excluding hydrogens is 267 g/mol. The fraction of sp³-hybridized carbons (Fsp3) is 0.500. The molecule has 2 nitrogen and oxygen atoms in total. The van der Waals surface area contributed by atoms with Crippen LogP contribution in [0.25, 0.3) is 0 Å². The first-order valence-corrected chi connectivity index (χ1v) is 7.07. The Hall–Kier alpha value is -0.910. The van der Waals surface area contributed by atoms with Gasteiger partial charge in [-0.05, 0) is 31.0 Å². The minimum atomic E-state index is 0.0579. The van der Waals surface area contributed by atoms with Gasteiger partial charge in [-0.3, -0.25) is 0 Å². The van der Waals surface area contributed by atoms with Gasteiger partial charge in [0.1, 0.15) is 0 Å². The molecule has 1 aromatic carbocycles. The van der Waals surface area contributed by atoms with Crippen LogP contribution in [0.1, 0.15) is 32.1 Å². The smallest absolute Gasteiger partial charge is 0.0677 e. The molecule has 0 aliphatic heterocycles. The number of hydrogen-bond acceptors (Lipinski definition) is 2. The monoisotopic (exact) mass is 282 g/mol. The number of anilines is 1. The van der Waals surface area contributed by atoms with Crippen LogP contribution in [0, 0.1) is 17.2 Å². The second-order valence-corrected chi connectivity index (χ2v) is 5.59. The van der Waals surface area contributed by atoms with E-state index in [4.69, 9.17) is 23.2 Å². The third-order valence-electron chi connectivity index (χ3n) is 3.45. The Morgan fingerprint density at radius 1 is 1.17 bits per heavy atom. The molecule has 2 unspecified atom stereocenters. The van der Waals surface area contributed by atoms with Crippen molar-refractivity contribution in [1.82, 2.24) is 0 Å². The van der Waals surface area contributed by atoms with Crippen LogP contribution in [0.4, 0.5) is 5.69 Å². The molecule has 0 aromatic heterocycles. The molecule has 18 heavy (non-hydrogen) atoms. The predicted molar refractivity (Wildman–Crippen MR) is 76.1 cm³/mol. The molecule has 1 fully saturated rings. The summed E-state index contributed by atoms with van der Waals surface area (Å²) in [7, 11) is 0. The Labute approximate surface area is 118 Å². The van der Waals surface area contributed by atoms with Crippen molar-refractivity contribution >= 4 is 28.9 Å². The summed E-state index contributed by atoms with van der Waals surface area (Å²) in [6, 6.07) is 7.96. The predicted octanol–water partition coefficient (Wildman–Crippen LogP) is 4.88. The molecule has 1 saturated carbocycles. The maximum absolute atomic E-state index is 9.24. The minimum absolute atomic E-state index is 0.0579. The quantitative estimate of drug-likeness (QED) is 0.785. The molecule has 1 aliphatic rings. The lowest BCUT2D eigenvalue weighted by atomic mass is 9.96. The number of halogens is 2. The van der Waals surface area contributed by atoms with E-state index in [0.717, 1.165) is 31.4 Å². The number of nitrogens with zero attached hydrogens (tertiary/aromatic N) is 1. The summed E-state index contributed by atoms with van der Waals surface area (Å²) in [4.78, 5) is 0. The second-order valence-electron chi connectivity index (χ2n) is 4.75. The van der Waals surface area contributed by atoms with Gasteiger partial charge < -0.3 is 5.32 Å². The Balaban J connectivity index is 2.15. The lowest BCUT2D eigenvalue weighted by Gasteiger charge is -2.22. The molecule has 2 atom stereocenters. The first kappa shape index (κ1) is 13.5. The van der Waals surface area contributed by atoms with Gasteiger partial charge in [-0.25, -0.2) is 0 Å². The fourth-order valence-electron chi connectivity index (χ4n) is 2.44. The van der Waals surface area contributed by atoms with Gasteiger partial charge >= 0.3 is 0 Å². The number of hydrogen-bond donors (Lipinski definition) is 1. The summed E-state index contributed by atoms with van der Waals surface area (Å²) in [5.74, 6) is 0.0579. The van der Waals surface area contributed by atoms with Crippen LogP contribution in [0.5, 0.6) is 0 Å². The minimum Gasteiger partial charge on any atom is -0.380 e. The van der Waals surface area contributed by atoms with Crippen LogP contribution in [0.3, 0.4) is 0 Å². The normalized spacial score (nSPS) is 24.1. The van der Waals surface area contributed by atoms with E-state index in [2.05, 4.69) is 11.4 Å². The van der Waals surface area contributed by atoms with Crippen molar-refractivity contribution in [3.63, 3.8) is 0 Å². The zero-order chi connectivity index (χ0) is 13.0. The average Bonchev–Trinajstić information content (AvgIpc) is 2.59. The molecular formula is C14H16Cl2N2. The number of nitriles is 1. The molecule has 0 bridgehead atoms. The summed E-state index contributed by atoms with van der Waals surface area (Å²) < 4.78 is 0. The molecule has 0 radical (unpaired) electrons. The van der Waals surface area contributed by atoms with Crippen molar-refractivity contribution < 1.29 is 0 Å². The summed E-state index contributed by atoms with van der Waals surface area (Å²) in [5.41, 5.74) is 0.830. The Kier molecular flexibility index (Phi) is 4.74. The summed E-state index contributed by atoms with van der Waals surface area (Å²) in [5, 5.41) is 13.9. The van der Waals surface area contributed by atoms with Gasteiger partial charge in [0, 0.05) is 11.1 Å². The molecule has 0 saturated heterocycles. The van der Waals surface area contributed by atoms with Crippen molar-refractivity contribution in [2.75, 3.05) is 5.32 Å². The SMILES string of the molecule is N#CC1CCCCCC1Nc1cc(Cl)ccc1Cl. The Morgan fingerprint density at radius 3 is 2.72 bits per heavy atom. The van der Waals surface area contributed by atoms with E-state index in [1.54, 1.807) is 12.1 Å². The third kappa shape index (κ3) is 3.31. The average molecular weight is 283 g/mol. The lowest BCUT2D eigenvalue weighted by molar-refractivity contribution is 0.514. The van der Waals surface area contributed by atoms with Gasteiger partial charge in [-0.2, -0.15) is 5.26 Å². The van der Waals surface area contributed by atoms with Crippen LogP contribution in [-0.2, 0) is 0 Å². The van der Waals surface area contributed by atoms with E-state index in [1.165, 1.54) is 6.42 Å². The van der Waals surface area contributed by atoms with E-state index >= 15 is 0 Å². The second kappa shape index (κ2) is 6.31. The van der Waals surface area contributed by atoms with Gasteiger partial charge in [-0.1, -0.05) is 42.5 Å². The number of benzene rings is 1. The molecule has 4 heteroatoms. The molecule has 0 heterocycles. The van der Waals surface area contributed by atoms with Crippen LogP contribution >= 0.6 is 23.2 Å². The molecule has 1 aromatic rings. The molecule has 2 rings (SSSR count). The first-order chi connectivity index (χ1) is 8.70. The molecule has 1 aliphatic carbocycles. The number of nitrogens with one attached hydrogen (secondary N) is 1. The highest BCUT2D eigenvalue weighted by Gasteiger charge is 2.23. The topological polar surface area (TPSA) is 35.8 Å². The van der Waals surface area contributed by atoms with Crippen molar-refractivity contribution in [2.45, 2.75) is 38.1 Å². The Bertz CT molecular complexity index is 454. The highest BCUT2D eigenvalue weighted by molar-refractivity contribution is 6.35.